The summed E-state index contributed by atoms with van der Waals surface area (Å²) in [4.78, 5) is 28.2. The quantitative estimate of drug-likeness (QED) is 0.849. The van der Waals surface area contributed by atoms with Gasteiger partial charge in [-0.2, -0.15) is 0 Å². The van der Waals surface area contributed by atoms with Gasteiger partial charge in [-0.05, 0) is 43.2 Å². The van der Waals surface area contributed by atoms with Crippen molar-refractivity contribution in [3.63, 3.8) is 0 Å². The Bertz CT molecular complexity index is 704. The molecule has 1 aromatic carbocycles. The van der Waals surface area contributed by atoms with Crippen molar-refractivity contribution >= 4 is 29.2 Å². The highest BCUT2D eigenvalue weighted by atomic mass is 35.5. The molecule has 1 unspecified atom stereocenters. The van der Waals surface area contributed by atoms with Crippen LogP contribution in [0.5, 0.6) is 0 Å². The molecule has 23 heavy (non-hydrogen) atoms. The Kier molecular flexibility index (Phi) is 5.71. The Hall–Kier alpha value is -2.40. The van der Waals surface area contributed by atoms with E-state index in [1.807, 2.05) is 13.0 Å². The third-order valence-electron chi connectivity index (χ3n) is 3.29. The Morgan fingerprint density at radius 1 is 1.26 bits per heavy atom. The molecule has 1 amide bonds. The Labute approximate surface area is 139 Å². The van der Waals surface area contributed by atoms with Crippen LogP contribution in [0.25, 0.3) is 0 Å². The molecule has 1 heterocycles. The molecule has 120 valence electrons. The maximum Gasteiger partial charge on any atom is 0.339 e. The van der Waals surface area contributed by atoms with Gasteiger partial charge in [0, 0.05) is 23.1 Å². The number of nitrogens with zero attached hydrogens (tertiary/aromatic N) is 1. The average molecular weight is 333 g/mol. The Morgan fingerprint density at radius 2 is 1.96 bits per heavy atom. The van der Waals surface area contributed by atoms with Crippen LogP contribution in [0.3, 0.4) is 0 Å². The lowest BCUT2D eigenvalue weighted by Gasteiger charge is -2.17. The van der Waals surface area contributed by atoms with Gasteiger partial charge in [0.25, 0.3) is 5.91 Å². The molecule has 0 radical (unpaired) electrons. The zero-order valence-electron chi connectivity index (χ0n) is 12.9. The summed E-state index contributed by atoms with van der Waals surface area (Å²) >= 11 is 5.94. The number of anilines is 1. The first-order valence-corrected chi connectivity index (χ1v) is 7.57. The van der Waals surface area contributed by atoms with Gasteiger partial charge in [0.1, 0.15) is 0 Å². The molecule has 6 heteroatoms. The number of hydrogen-bond acceptors (Lipinski definition) is 4. The van der Waals surface area contributed by atoms with E-state index in [4.69, 9.17) is 16.3 Å². The van der Waals surface area contributed by atoms with Crippen LogP contribution in [-0.2, 0) is 9.53 Å². The predicted molar refractivity (Wildman–Crippen MR) is 88.6 cm³/mol. The van der Waals surface area contributed by atoms with Crippen molar-refractivity contribution in [2.45, 2.75) is 26.4 Å². The first-order valence-electron chi connectivity index (χ1n) is 7.19. The minimum absolute atomic E-state index is 0.352. The number of carbonyl (C=O) groups excluding carboxylic acids is 2. The van der Waals surface area contributed by atoms with Crippen molar-refractivity contribution in [1.29, 1.82) is 0 Å². The van der Waals surface area contributed by atoms with E-state index in [1.54, 1.807) is 19.1 Å². The fourth-order valence-electron chi connectivity index (χ4n) is 1.95. The standard InChI is InChI=1S/C17H17ClN2O3/c1-3-15(23-17(22)12-6-8-19-9-7-12)16(21)20-14-10-13(18)5-4-11(14)2/h4-10,15H,3H2,1-2H3,(H,20,21). The van der Waals surface area contributed by atoms with Gasteiger partial charge in [-0.15, -0.1) is 0 Å². The average Bonchev–Trinajstić information content (AvgIpc) is 2.56. The summed E-state index contributed by atoms with van der Waals surface area (Å²) < 4.78 is 5.28. The van der Waals surface area contributed by atoms with Gasteiger partial charge in [0.2, 0.25) is 0 Å². The van der Waals surface area contributed by atoms with E-state index < -0.39 is 12.1 Å². The van der Waals surface area contributed by atoms with Crippen LogP contribution < -0.4 is 5.32 Å². The SMILES string of the molecule is CCC(OC(=O)c1ccncc1)C(=O)Nc1cc(Cl)ccc1C. The molecule has 0 aliphatic carbocycles. The molecule has 5 nitrogen and oxygen atoms in total. The highest BCUT2D eigenvalue weighted by molar-refractivity contribution is 6.31. The first kappa shape index (κ1) is 17.0. The number of amides is 1. The van der Waals surface area contributed by atoms with Crippen LogP contribution >= 0.6 is 11.6 Å². The molecular formula is C17H17ClN2O3. The van der Waals surface area contributed by atoms with E-state index in [1.165, 1.54) is 24.5 Å². The number of hydrogen-bond donors (Lipinski definition) is 1. The van der Waals surface area contributed by atoms with Crippen LogP contribution in [0.2, 0.25) is 5.02 Å². The van der Waals surface area contributed by atoms with E-state index in [9.17, 15) is 9.59 Å². The van der Waals surface area contributed by atoms with E-state index in [2.05, 4.69) is 10.3 Å². The number of ether oxygens (including phenoxy) is 1. The van der Waals surface area contributed by atoms with Crippen LogP contribution in [0.15, 0.2) is 42.7 Å². The third-order valence-corrected chi connectivity index (χ3v) is 3.52. The zero-order valence-corrected chi connectivity index (χ0v) is 13.6. The smallest absolute Gasteiger partial charge is 0.339 e. The lowest BCUT2D eigenvalue weighted by atomic mass is 10.2. The molecule has 0 aliphatic rings. The number of benzene rings is 1. The van der Waals surface area contributed by atoms with Gasteiger partial charge in [-0.25, -0.2) is 4.79 Å². The van der Waals surface area contributed by atoms with Crippen LogP contribution in [0.4, 0.5) is 5.69 Å². The number of aromatic nitrogens is 1. The summed E-state index contributed by atoms with van der Waals surface area (Å²) in [6.45, 7) is 3.63. The predicted octanol–water partition coefficient (Wildman–Crippen LogP) is 3.62. The topological polar surface area (TPSA) is 68.3 Å². The van der Waals surface area contributed by atoms with Gasteiger partial charge in [0.05, 0.1) is 5.56 Å². The number of pyridine rings is 1. The number of rotatable bonds is 5. The van der Waals surface area contributed by atoms with E-state index in [0.717, 1.165) is 5.56 Å². The molecule has 0 fully saturated rings. The summed E-state index contributed by atoms with van der Waals surface area (Å²) in [6, 6.07) is 8.28. The van der Waals surface area contributed by atoms with E-state index in [0.29, 0.717) is 22.7 Å². The lowest BCUT2D eigenvalue weighted by Crippen LogP contribution is -2.32. The summed E-state index contributed by atoms with van der Waals surface area (Å²) in [6.07, 6.45) is 2.47. The normalized spacial score (nSPS) is 11.6. The van der Waals surface area contributed by atoms with Gasteiger partial charge >= 0.3 is 5.97 Å². The van der Waals surface area contributed by atoms with Crippen molar-refractivity contribution in [3.8, 4) is 0 Å². The summed E-state index contributed by atoms with van der Waals surface area (Å²) in [5, 5.41) is 3.27. The van der Waals surface area contributed by atoms with Gasteiger partial charge in [0.15, 0.2) is 6.10 Å². The van der Waals surface area contributed by atoms with Gasteiger partial charge < -0.3 is 10.1 Å². The number of nitrogens with one attached hydrogen (secondary N) is 1. The van der Waals surface area contributed by atoms with E-state index >= 15 is 0 Å². The second kappa shape index (κ2) is 7.74. The molecular weight excluding hydrogens is 316 g/mol. The fourth-order valence-corrected chi connectivity index (χ4v) is 2.12. The molecule has 0 spiro atoms. The minimum Gasteiger partial charge on any atom is -0.449 e. The summed E-state index contributed by atoms with van der Waals surface area (Å²) in [5.41, 5.74) is 1.82. The number of carbonyl (C=O) groups is 2. The molecule has 2 aromatic rings. The second-order valence-corrected chi connectivity index (χ2v) is 5.42. The summed E-state index contributed by atoms with van der Waals surface area (Å²) in [5.74, 6) is -0.947. The Morgan fingerprint density at radius 3 is 2.61 bits per heavy atom. The Balaban J connectivity index is 2.07. The molecule has 0 aliphatic heterocycles. The van der Waals surface area contributed by atoms with Crippen LogP contribution in [-0.4, -0.2) is 23.0 Å². The monoisotopic (exact) mass is 332 g/mol. The number of aryl methyl sites for hydroxylation is 1. The maximum absolute atomic E-state index is 12.3. The molecule has 0 saturated carbocycles. The molecule has 2 rings (SSSR count). The zero-order chi connectivity index (χ0) is 16.8. The fraction of sp³-hybridized carbons (Fsp3) is 0.235. The van der Waals surface area contributed by atoms with Crippen molar-refractivity contribution < 1.29 is 14.3 Å². The lowest BCUT2D eigenvalue weighted by molar-refractivity contribution is -0.124. The largest absolute Gasteiger partial charge is 0.449 e. The van der Waals surface area contributed by atoms with E-state index in [-0.39, 0.29) is 5.91 Å². The first-order chi connectivity index (χ1) is 11.0. The van der Waals surface area contributed by atoms with Crippen LogP contribution in [0.1, 0.15) is 29.3 Å². The third kappa shape index (κ3) is 4.53. The number of halogens is 1. The molecule has 0 bridgehead atoms. The van der Waals surface area contributed by atoms with Crippen molar-refractivity contribution in [1.82, 2.24) is 4.98 Å². The molecule has 1 atom stereocenters. The highest BCUT2D eigenvalue weighted by Gasteiger charge is 2.22. The molecule has 1 N–H and O–H groups in total. The maximum atomic E-state index is 12.3. The second-order valence-electron chi connectivity index (χ2n) is 4.99. The van der Waals surface area contributed by atoms with Crippen molar-refractivity contribution in [2.75, 3.05) is 5.32 Å². The highest BCUT2D eigenvalue weighted by Crippen LogP contribution is 2.21. The summed E-state index contributed by atoms with van der Waals surface area (Å²) in [7, 11) is 0. The molecule has 1 aromatic heterocycles. The number of esters is 1. The minimum atomic E-state index is -0.881. The van der Waals surface area contributed by atoms with Gasteiger partial charge in [-0.3, -0.25) is 9.78 Å². The van der Waals surface area contributed by atoms with Crippen molar-refractivity contribution in [3.05, 3.63) is 58.9 Å². The van der Waals surface area contributed by atoms with Gasteiger partial charge in [-0.1, -0.05) is 24.6 Å². The molecule has 0 saturated heterocycles. The van der Waals surface area contributed by atoms with Crippen molar-refractivity contribution in [2.24, 2.45) is 0 Å². The van der Waals surface area contributed by atoms with Crippen LogP contribution in [0, 0.1) is 6.92 Å².